The average Bonchev–Trinajstić information content (AvgIpc) is 2.44. The van der Waals surface area contributed by atoms with E-state index in [4.69, 9.17) is 5.11 Å². The Labute approximate surface area is 134 Å². The summed E-state index contributed by atoms with van der Waals surface area (Å²) in [6.07, 6.45) is 1.34. The number of carboxylic acids is 1. The van der Waals surface area contributed by atoms with Crippen LogP contribution in [0.15, 0.2) is 17.0 Å². The van der Waals surface area contributed by atoms with Crippen LogP contribution in [0.25, 0.3) is 0 Å². The van der Waals surface area contributed by atoms with Crippen molar-refractivity contribution < 1.29 is 23.2 Å². The van der Waals surface area contributed by atoms with Gasteiger partial charge in [0.2, 0.25) is 10.0 Å². The van der Waals surface area contributed by atoms with E-state index < -0.39 is 37.5 Å². The number of hydrogen-bond donors (Lipinski definition) is 2. The molecule has 1 rings (SSSR count). The molecular weight excluding hydrogens is 324 g/mol. The van der Waals surface area contributed by atoms with E-state index in [0.29, 0.717) is 12.8 Å². The van der Waals surface area contributed by atoms with Gasteiger partial charge in [-0.25, -0.2) is 8.42 Å². The monoisotopic (exact) mass is 344 g/mol. The number of sulfonamides is 1. The standard InChI is InChI=1S/C14H20N2O6S/c1-4-5-6-11(14(17)18)15-23(21,22)13-10(3)8-7-9(2)12(13)16(19)20/h7-8,11,15H,4-6H2,1-3H3,(H,17,18). The molecule has 0 saturated carbocycles. The molecule has 0 spiro atoms. The normalized spacial score (nSPS) is 12.8. The minimum Gasteiger partial charge on any atom is -0.480 e. The maximum Gasteiger partial charge on any atom is 0.321 e. The van der Waals surface area contributed by atoms with Gasteiger partial charge < -0.3 is 5.11 Å². The van der Waals surface area contributed by atoms with Crippen LogP contribution in [-0.4, -0.2) is 30.5 Å². The predicted octanol–water partition coefficient (Wildman–Crippen LogP) is 2.13. The Hall–Kier alpha value is -2.00. The van der Waals surface area contributed by atoms with E-state index in [1.54, 1.807) is 0 Å². The first kappa shape index (κ1) is 19.0. The Kier molecular flexibility index (Phi) is 6.22. The number of nitrogens with one attached hydrogen (secondary N) is 1. The number of nitro groups is 1. The van der Waals surface area contributed by atoms with Crippen molar-refractivity contribution in [2.24, 2.45) is 0 Å². The van der Waals surface area contributed by atoms with Crippen molar-refractivity contribution in [1.82, 2.24) is 4.72 Å². The largest absolute Gasteiger partial charge is 0.480 e. The first-order valence-electron chi connectivity index (χ1n) is 7.11. The van der Waals surface area contributed by atoms with Crippen LogP contribution in [0.2, 0.25) is 0 Å². The zero-order valence-electron chi connectivity index (χ0n) is 13.2. The van der Waals surface area contributed by atoms with Crippen molar-refractivity contribution in [2.75, 3.05) is 0 Å². The molecule has 128 valence electrons. The number of aliphatic carboxylic acids is 1. The molecule has 1 aromatic carbocycles. The summed E-state index contributed by atoms with van der Waals surface area (Å²) in [7, 11) is -4.34. The van der Waals surface area contributed by atoms with Gasteiger partial charge in [0.25, 0.3) is 5.69 Å². The van der Waals surface area contributed by atoms with Crippen molar-refractivity contribution >= 4 is 21.7 Å². The number of benzene rings is 1. The Morgan fingerprint density at radius 1 is 1.35 bits per heavy atom. The number of nitro benzene ring substituents is 1. The van der Waals surface area contributed by atoms with Gasteiger partial charge in [0.1, 0.15) is 6.04 Å². The van der Waals surface area contributed by atoms with Gasteiger partial charge in [-0.05, 0) is 25.8 Å². The first-order valence-corrected chi connectivity index (χ1v) is 8.59. The Morgan fingerprint density at radius 2 is 1.91 bits per heavy atom. The predicted molar refractivity (Wildman–Crippen MR) is 83.8 cm³/mol. The fraction of sp³-hybridized carbons (Fsp3) is 0.500. The SMILES string of the molecule is CCCCC(NS(=O)(=O)c1c(C)ccc(C)c1[N+](=O)[O-])C(=O)O. The van der Waals surface area contributed by atoms with Crippen LogP contribution < -0.4 is 4.72 Å². The summed E-state index contributed by atoms with van der Waals surface area (Å²) in [4.78, 5) is 21.2. The van der Waals surface area contributed by atoms with Crippen LogP contribution in [0.3, 0.4) is 0 Å². The number of hydrogen-bond acceptors (Lipinski definition) is 5. The summed E-state index contributed by atoms with van der Waals surface area (Å²) in [6.45, 7) is 4.72. The number of rotatable bonds is 8. The number of unbranched alkanes of at least 4 members (excludes halogenated alkanes) is 1. The zero-order valence-corrected chi connectivity index (χ0v) is 14.0. The van der Waals surface area contributed by atoms with Crippen LogP contribution in [0, 0.1) is 24.0 Å². The molecule has 1 atom stereocenters. The Morgan fingerprint density at radius 3 is 2.39 bits per heavy atom. The molecule has 0 aliphatic heterocycles. The number of aryl methyl sites for hydroxylation is 2. The van der Waals surface area contributed by atoms with Gasteiger partial charge in [0, 0.05) is 5.56 Å². The first-order chi connectivity index (χ1) is 10.6. The third-order valence-corrected chi connectivity index (χ3v) is 5.07. The molecule has 0 amide bonds. The average molecular weight is 344 g/mol. The third-order valence-electron chi connectivity index (χ3n) is 3.42. The molecule has 0 radical (unpaired) electrons. The van der Waals surface area contributed by atoms with Crippen molar-refractivity contribution in [2.45, 2.75) is 51.0 Å². The molecule has 8 nitrogen and oxygen atoms in total. The third kappa shape index (κ3) is 4.49. The molecule has 0 aliphatic rings. The maximum atomic E-state index is 12.5. The highest BCUT2D eigenvalue weighted by molar-refractivity contribution is 7.89. The minimum atomic E-state index is -4.34. The molecule has 0 saturated heterocycles. The van der Waals surface area contributed by atoms with Crippen molar-refractivity contribution in [3.63, 3.8) is 0 Å². The van der Waals surface area contributed by atoms with Crippen LogP contribution >= 0.6 is 0 Å². The van der Waals surface area contributed by atoms with Gasteiger partial charge in [-0.1, -0.05) is 31.9 Å². The summed E-state index contributed by atoms with van der Waals surface area (Å²) in [5.74, 6) is -1.31. The van der Waals surface area contributed by atoms with Gasteiger partial charge in [-0.2, -0.15) is 4.72 Å². The second kappa shape index (κ2) is 7.51. The van der Waals surface area contributed by atoms with Crippen LogP contribution in [0.5, 0.6) is 0 Å². The maximum absolute atomic E-state index is 12.5. The van der Waals surface area contributed by atoms with E-state index >= 15 is 0 Å². The fourth-order valence-corrected chi connectivity index (χ4v) is 3.92. The van der Waals surface area contributed by atoms with Gasteiger partial charge in [0.05, 0.1) is 4.92 Å². The quantitative estimate of drug-likeness (QED) is 0.549. The molecule has 0 heterocycles. The fourth-order valence-electron chi connectivity index (χ4n) is 2.22. The highest BCUT2D eigenvalue weighted by atomic mass is 32.2. The van der Waals surface area contributed by atoms with Gasteiger partial charge >= 0.3 is 5.97 Å². The Bertz CT molecular complexity index is 714. The van der Waals surface area contributed by atoms with Gasteiger partial charge in [-0.15, -0.1) is 0 Å². The summed E-state index contributed by atoms with van der Waals surface area (Å²) in [5, 5.41) is 20.4. The highest BCUT2D eigenvalue weighted by Gasteiger charge is 2.33. The van der Waals surface area contributed by atoms with Crippen LogP contribution in [0.4, 0.5) is 5.69 Å². The van der Waals surface area contributed by atoms with E-state index in [2.05, 4.69) is 4.72 Å². The van der Waals surface area contributed by atoms with Gasteiger partial charge in [0.15, 0.2) is 4.90 Å². The van der Waals surface area contributed by atoms with Gasteiger partial charge in [-0.3, -0.25) is 14.9 Å². The summed E-state index contributed by atoms with van der Waals surface area (Å²) < 4.78 is 27.1. The molecule has 1 unspecified atom stereocenters. The van der Waals surface area contributed by atoms with E-state index in [1.807, 2.05) is 6.92 Å². The molecule has 1 aromatic rings. The molecule has 23 heavy (non-hydrogen) atoms. The summed E-state index contributed by atoms with van der Waals surface area (Å²) >= 11 is 0. The smallest absolute Gasteiger partial charge is 0.321 e. The van der Waals surface area contributed by atoms with Crippen molar-refractivity contribution in [3.8, 4) is 0 Å². The zero-order chi connectivity index (χ0) is 17.8. The van der Waals surface area contributed by atoms with Crippen molar-refractivity contribution in [1.29, 1.82) is 0 Å². The lowest BCUT2D eigenvalue weighted by Gasteiger charge is -2.16. The lowest BCUT2D eigenvalue weighted by Crippen LogP contribution is -2.41. The molecule has 0 aromatic heterocycles. The molecule has 0 bridgehead atoms. The molecule has 0 aliphatic carbocycles. The van der Waals surface area contributed by atoms with Crippen LogP contribution in [-0.2, 0) is 14.8 Å². The van der Waals surface area contributed by atoms with E-state index in [-0.39, 0.29) is 17.5 Å². The molecular formula is C14H20N2O6S. The van der Waals surface area contributed by atoms with E-state index in [1.165, 1.54) is 26.0 Å². The summed E-state index contributed by atoms with van der Waals surface area (Å²) in [5.41, 5.74) is -0.145. The van der Waals surface area contributed by atoms with Crippen molar-refractivity contribution in [3.05, 3.63) is 33.4 Å². The minimum absolute atomic E-state index is 0.115. The topological polar surface area (TPSA) is 127 Å². The molecule has 0 fully saturated rings. The van der Waals surface area contributed by atoms with Crippen LogP contribution in [0.1, 0.15) is 37.3 Å². The second-order valence-electron chi connectivity index (χ2n) is 5.29. The van der Waals surface area contributed by atoms with E-state index in [9.17, 15) is 23.3 Å². The molecule has 9 heteroatoms. The summed E-state index contributed by atoms with van der Waals surface area (Å²) in [6, 6.07) is 1.59. The number of nitrogens with zero attached hydrogens (tertiary/aromatic N) is 1. The van der Waals surface area contributed by atoms with E-state index in [0.717, 1.165) is 0 Å². The lowest BCUT2D eigenvalue weighted by molar-refractivity contribution is -0.388. The lowest BCUT2D eigenvalue weighted by atomic mass is 10.1. The molecule has 2 N–H and O–H groups in total. The number of carbonyl (C=O) groups is 1. The second-order valence-corrected chi connectivity index (χ2v) is 6.94. The highest BCUT2D eigenvalue weighted by Crippen LogP contribution is 2.30. The number of carboxylic acid groups (broad SMARTS) is 1. The Balaban J connectivity index is 3.36.